The summed E-state index contributed by atoms with van der Waals surface area (Å²) in [6, 6.07) is 6.72. The number of piperidine rings is 1. The number of hydrogen-bond donors (Lipinski definition) is 0. The zero-order valence-electron chi connectivity index (χ0n) is 14.0. The van der Waals surface area contributed by atoms with Gasteiger partial charge in [0.25, 0.3) is 0 Å². The average molecular weight is 394 g/mol. The predicted molar refractivity (Wildman–Crippen MR) is 97.3 cm³/mol. The minimum atomic E-state index is -3.45. The molecule has 0 spiro atoms. The van der Waals surface area contributed by atoms with Gasteiger partial charge >= 0.3 is 0 Å². The SMILES string of the molecule is CC(C)CS(=O)(=O)C1CCN(S(=O)(=O)Cc2ccc(Cl)cc2)CC1. The minimum absolute atomic E-state index is 0.0849. The maximum absolute atomic E-state index is 12.5. The zero-order chi connectivity index (χ0) is 18.0. The maximum atomic E-state index is 12.5. The van der Waals surface area contributed by atoms with Gasteiger partial charge in [0.05, 0.1) is 16.8 Å². The molecule has 0 unspecified atom stereocenters. The van der Waals surface area contributed by atoms with E-state index >= 15 is 0 Å². The summed E-state index contributed by atoms with van der Waals surface area (Å²) in [5.41, 5.74) is 0.675. The molecule has 2 rings (SSSR count). The summed E-state index contributed by atoms with van der Waals surface area (Å²) in [7, 11) is -6.60. The average Bonchev–Trinajstić information content (AvgIpc) is 2.48. The highest BCUT2D eigenvalue weighted by Crippen LogP contribution is 2.23. The van der Waals surface area contributed by atoms with Crippen molar-refractivity contribution in [1.82, 2.24) is 4.31 Å². The van der Waals surface area contributed by atoms with Crippen molar-refractivity contribution in [2.75, 3.05) is 18.8 Å². The van der Waals surface area contributed by atoms with Crippen LogP contribution in [0.3, 0.4) is 0 Å². The zero-order valence-corrected chi connectivity index (χ0v) is 16.4. The monoisotopic (exact) mass is 393 g/mol. The maximum Gasteiger partial charge on any atom is 0.218 e. The largest absolute Gasteiger partial charge is 0.229 e. The number of nitrogens with zero attached hydrogens (tertiary/aromatic N) is 1. The predicted octanol–water partition coefficient (Wildman–Crippen LogP) is 2.71. The van der Waals surface area contributed by atoms with Crippen LogP contribution in [0.25, 0.3) is 0 Å². The summed E-state index contributed by atoms with van der Waals surface area (Å²) >= 11 is 5.81. The molecule has 1 saturated heterocycles. The molecule has 0 atom stereocenters. The Hall–Kier alpha value is -0.630. The summed E-state index contributed by atoms with van der Waals surface area (Å²) in [6.45, 7) is 4.28. The van der Waals surface area contributed by atoms with E-state index in [0.717, 1.165) is 0 Å². The van der Waals surface area contributed by atoms with Gasteiger partial charge in [-0.2, -0.15) is 0 Å². The van der Waals surface area contributed by atoms with E-state index in [-0.39, 0.29) is 30.5 Å². The Morgan fingerprint density at radius 2 is 1.62 bits per heavy atom. The van der Waals surface area contributed by atoms with Crippen LogP contribution in [0.15, 0.2) is 24.3 Å². The van der Waals surface area contributed by atoms with E-state index in [1.807, 2.05) is 13.8 Å². The molecule has 1 fully saturated rings. The van der Waals surface area contributed by atoms with Crippen molar-refractivity contribution in [1.29, 1.82) is 0 Å². The van der Waals surface area contributed by atoms with Crippen LogP contribution in [0.4, 0.5) is 0 Å². The Morgan fingerprint density at radius 1 is 1.08 bits per heavy atom. The van der Waals surface area contributed by atoms with Gasteiger partial charge in [-0.05, 0) is 36.5 Å². The minimum Gasteiger partial charge on any atom is -0.229 e. The number of benzene rings is 1. The van der Waals surface area contributed by atoms with Crippen molar-refractivity contribution >= 4 is 31.5 Å². The van der Waals surface area contributed by atoms with E-state index < -0.39 is 25.1 Å². The van der Waals surface area contributed by atoms with Crippen LogP contribution in [-0.2, 0) is 25.6 Å². The molecule has 5 nitrogen and oxygen atoms in total. The lowest BCUT2D eigenvalue weighted by Gasteiger charge is -2.31. The first-order valence-electron chi connectivity index (χ1n) is 8.04. The van der Waals surface area contributed by atoms with E-state index in [1.165, 1.54) is 4.31 Å². The van der Waals surface area contributed by atoms with Gasteiger partial charge in [0.1, 0.15) is 0 Å². The van der Waals surface area contributed by atoms with E-state index in [4.69, 9.17) is 11.6 Å². The molecule has 0 bridgehead atoms. The third-order valence-corrected chi connectivity index (χ3v) is 8.85. The second-order valence-electron chi connectivity index (χ2n) is 6.70. The smallest absolute Gasteiger partial charge is 0.218 e. The molecule has 1 aromatic rings. The highest BCUT2D eigenvalue weighted by molar-refractivity contribution is 7.92. The first-order chi connectivity index (χ1) is 11.1. The quantitative estimate of drug-likeness (QED) is 0.744. The fourth-order valence-electron chi connectivity index (χ4n) is 2.95. The lowest BCUT2D eigenvalue weighted by atomic mass is 10.2. The molecule has 0 radical (unpaired) electrons. The molecule has 136 valence electrons. The van der Waals surface area contributed by atoms with Crippen LogP contribution in [0.1, 0.15) is 32.3 Å². The first-order valence-corrected chi connectivity index (χ1v) is 11.7. The number of rotatable bonds is 6. The Morgan fingerprint density at radius 3 is 2.12 bits per heavy atom. The topological polar surface area (TPSA) is 71.5 Å². The number of sulfonamides is 1. The summed E-state index contributed by atoms with van der Waals surface area (Å²) < 4.78 is 51.0. The van der Waals surface area contributed by atoms with Crippen LogP contribution in [0.5, 0.6) is 0 Å². The van der Waals surface area contributed by atoms with Crippen molar-refractivity contribution in [3.05, 3.63) is 34.9 Å². The molecule has 8 heteroatoms. The Balaban J connectivity index is 1.99. The molecule has 1 heterocycles. The van der Waals surface area contributed by atoms with Gasteiger partial charge in [0, 0.05) is 18.1 Å². The Kier molecular flexibility index (Phi) is 6.34. The summed E-state index contributed by atoms with van der Waals surface area (Å²) in [5, 5.41) is 0.134. The van der Waals surface area contributed by atoms with E-state index in [1.54, 1.807) is 24.3 Å². The highest BCUT2D eigenvalue weighted by Gasteiger charge is 2.34. The van der Waals surface area contributed by atoms with Gasteiger partial charge in [-0.1, -0.05) is 37.6 Å². The molecule has 1 aliphatic rings. The van der Waals surface area contributed by atoms with Gasteiger partial charge in [-0.25, -0.2) is 21.1 Å². The molecule has 0 aromatic heterocycles. The Labute approximate surface area is 150 Å². The molecular weight excluding hydrogens is 370 g/mol. The molecule has 0 saturated carbocycles. The lowest BCUT2D eigenvalue weighted by Crippen LogP contribution is -2.43. The molecular formula is C16H24ClNO4S2. The first kappa shape index (κ1) is 19.7. The van der Waals surface area contributed by atoms with Gasteiger partial charge in [0.2, 0.25) is 10.0 Å². The van der Waals surface area contributed by atoms with Crippen LogP contribution in [0.2, 0.25) is 5.02 Å². The molecule has 0 amide bonds. The second kappa shape index (κ2) is 7.72. The van der Waals surface area contributed by atoms with Crippen LogP contribution >= 0.6 is 11.6 Å². The number of sulfone groups is 1. The van der Waals surface area contributed by atoms with E-state index in [9.17, 15) is 16.8 Å². The lowest BCUT2D eigenvalue weighted by molar-refractivity contribution is 0.344. The Bertz CT molecular complexity index is 750. The van der Waals surface area contributed by atoms with Gasteiger partial charge in [0.15, 0.2) is 9.84 Å². The summed E-state index contributed by atoms with van der Waals surface area (Å²) in [5.74, 6) is 0.157. The van der Waals surface area contributed by atoms with Crippen molar-refractivity contribution < 1.29 is 16.8 Å². The van der Waals surface area contributed by atoms with Crippen molar-refractivity contribution in [2.24, 2.45) is 5.92 Å². The molecule has 1 aliphatic heterocycles. The number of hydrogen-bond acceptors (Lipinski definition) is 4. The fourth-order valence-corrected chi connectivity index (χ4v) is 6.77. The van der Waals surface area contributed by atoms with Crippen molar-refractivity contribution in [3.63, 3.8) is 0 Å². The van der Waals surface area contributed by atoms with Crippen LogP contribution < -0.4 is 0 Å². The van der Waals surface area contributed by atoms with Crippen molar-refractivity contribution in [3.8, 4) is 0 Å². The molecule has 0 N–H and O–H groups in total. The summed E-state index contributed by atoms with van der Waals surface area (Å²) in [6.07, 6.45) is 0.740. The molecule has 1 aromatic carbocycles. The van der Waals surface area contributed by atoms with E-state index in [0.29, 0.717) is 23.4 Å². The highest BCUT2D eigenvalue weighted by atomic mass is 35.5. The second-order valence-corrected chi connectivity index (χ2v) is 11.4. The summed E-state index contributed by atoms with van der Waals surface area (Å²) in [4.78, 5) is 0. The van der Waals surface area contributed by atoms with E-state index in [2.05, 4.69) is 0 Å². The third-order valence-electron chi connectivity index (χ3n) is 4.13. The normalized spacial score (nSPS) is 18.2. The molecule has 0 aliphatic carbocycles. The number of halogens is 1. The standard InChI is InChI=1S/C16H24ClNO4S2/c1-13(2)11-23(19,20)16-7-9-18(10-8-16)24(21,22)12-14-3-5-15(17)6-4-14/h3-6,13,16H,7-12H2,1-2H3. The van der Waals surface area contributed by atoms with Crippen LogP contribution in [0, 0.1) is 5.92 Å². The molecule has 24 heavy (non-hydrogen) atoms. The third kappa shape index (κ3) is 5.18. The van der Waals surface area contributed by atoms with Gasteiger partial charge in [-0.15, -0.1) is 0 Å². The van der Waals surface area contributed by atoms with Crippen LogP contribution in [-0.4, -0.2) is 45.2 Å². The van der Waals surface area contributed by atoms with Crippen molar-refractivity contribution in [2.45, 2.75) is 37.7 Å². The van der Waals surface area contributed by atoms with Gasteiger partial charge in [-0.3, -0.25) is 0 Å². The fraction of sp³-hybridized carbons (Fsp3) is 0.625. The van der Waals surface area contributed by atoms with Gasteiger partial charge < -0.3 is 0 Å².